The summed E-state index contributed by atoms with van der Waals surface area (Å²) in [5.41, 5.74) is 0. The average Bonchev–Trinajstić information content (AvgIpc) is 2.88. The highest BCUT2D eigenvalue weighted by molar-refractivity contribution is 7.87. The SMILES string of the molecule is Cl.O=S(=O)(NC1CC2CCC(C1)N2)N1CCCC1. The molecule has 0 saturated carbocycles. The first-order chi connectivity index (χ1) is 8.13. The van der Waals surface area contributed by atoms with Crippen LogP contribution in [0.2, 0.25) is 0 Å². The highest BCUT2D eigenvalue weighted by Crippen LogP contribution is 2.27. The minimum atomic E-state index is -3.22. The summed E-state index contributed by atoms with van der Waals surface area (Å²) < 4.78 is 28.7. The number of rotatable bonds is 3. The Morgan fingerprint density at radius 1 is 1.06 bits per heavy atom. The van der Waals surface area contributed by atoms with Crippen LogP contribution in [0.5, 0.6) is 0 Å². The van der Waals surface area contributed by atoms with Gasteiger partial charge >= 0.3 is 0 Å². The Morgan fingerprint density at radius 2 is 1.61 bits per heavy atom. The Morgan fingerprint density at radius 3 is 2.17 bits per heavy atom. The van der Waals surface area contributed by atoms with E-state index in [4.69, 9.17) is 0 Å². The van der Waals surface area contributed by atoms with Gasteiger partial charge in [0.05, 0.1) is 0 Å². The monoisotopic (exact) mass is 295 g/mol. The molecule has 0 aromatic heterocycles. The summed E-state index contributed by atoms with van der Waals surface area (Å²) in [6, 6.07) is 1.19. The Kier molecular flexibility index (Phi) is 4.54. The maximum atomic E-state index is 12.1. The van der Waals surface area contributed by atoms with Crippen molar-refractivity contribution in [1.29, 1.82) is 0 Å². The normalized spacial score (nSPS) is 36.6. The van der Waals surface area contributed by atoms with Crippen LogP contribution in [0.1, 0.15) is 38.5 Å². The second-order valence-electron chi connectivity index (χ2n) is 5.54. The lowest BCUT2D eigenvalue weighted by Crippen LogP contribution is -2.51. The molecule has 0 spiro atoms. The molecule has 7 heteroatoms. The van der Waals surface area contributed by atoms with Crippen LogP contribution < -0.4 is 10.0 Å². The van der Waals surface area contributed by atoms with Crippen LogP contribution in [0.25, 0.3) is 0 Å². The summed E-state index contributed by atoms with van der Waals surface area (Å²) in [5, 5.41) is 3.53. The van der Waals surface area contributed by atoms with E-state index in [9.17, 15) is 8.42 Å². The summed E-state index contributed by atoms with van der Waals surface area (Å²) in [6.45, 7) is 1.38. The lowest BCUT2D eigenvalue weighted by molar-refractivity contribution is 0.338. The Bertz CT molecular complexity index is 372. The zero-order chi connectivity index (χ0) is 11.9. The van der Waals surface area contributed by atoms with Gasteiger partial charge in [0, 0.05) is 31.2 Å². The molecule has 3 heterocycles. The lowest BCUT2D eigenvalue weighted by atomic mass is 10.0. The molecule has 2 N–H and O–H groups in total. The predicted octanol–water partition coefficient (Wildman–Crippen LogP) is 0.621. The van der Waals surface area contributed by atoms with Crippen LogP contribution in [0.15, 0.2) is 0 Å². The molecule has 3 fully saturated rings. The minimum Gasteiger partial charge on any atom is -0.311 e. The third kappa shape index (κ3) is 2.99. The van der Waals surface area contributed by atoms with Crippen molar-refractivity contribution in [3.63, 3.8) is 0 Å². The van der Waals surface area contributed by atoms with Crippen molar-refractivity contribution in [2.24, 2.45) is 0 Å². The van der Waals surface area contributed by atoms with Gasteiger partial charge in [-0.15, -0.1) is 12.4 Å². The van der Waals surface area contributed by atoms with Gasteiger partial charge in [-0.25, -0.2) is 0 Å². The summed E-state index contributed by atoms with van der Waals surface area (Å²) in [6.07, 6.45) is 6.29. The van der Waals surface area contributed by atoms with E-state index in [1.165, 1.54) is 12.8 Å². The van der Waals surface area contributed by atoms with Crippen molar-refractivity contribution in [3.8, 4) is 0 Å². The Hall–Kier alpha value is 0.120. The fourth-order valence-corrected chi connectivity index (χ4v) is 4.87. The molecule has 3 aliphatic rings. The number of hydrogen-bond donors (Lipinski definition) is 2. The van der Waals surface area contributed by atoms with Crippen molar-refractivity contribution in [1.82, 2.24) is 14.3 Å². The van der Waals surface area contributed by atoms with Gasteiger partial charge in [0.25, 0.3) is 10.2 Å². The Labute approximate surface area is 115 Å². The van der Waals surface area contributed by atoms with E-state index in [-0.39, 0.29) is 18.4 Å². The fourth-order valence-electron chi connectivity index (χ4n) is 3.37. The van der Waals surface area contributed by atoms with Gasteiger partial charge in [-0.3, -0.25) is 0 Å². The first-order valence-electron chi connectivity index (χ1n) is 6.67. The van der Waals surface area contributed by atoms with Crippen molar-refractivity contribution in [2.45, 2.75) is 56.7 Å². The largest absolute Gasteiger partial charge is 0.311 e. The fraction of sp³-hybridized carbons (Fsp3) is 1.00. The summed E-state index contributed by atoms with van der Waals surface area (Å²) in [4.78, 5) is 0. The molecule has 0 radical (unpaired) electrons. The van der Waals surface area contributed by atoms with Crippen LogP contribution in [-0.4, -0.2) is 43.9 Å². The Balaban J connectivity index is 0.00000120. The van der Waals surface area contributed by atoms with Gasteiger partial charge in [0.2, 0.25) is 0 Å². The summed E-state index contributed by atoms with van der Waals surface area (Å²) >= 11 is 0. The molecule has 2 bridgehead atoms. The van der Waals surface area contributed by atoms with Gasteiger partial charge in [0.15, 0.2) is 0 Å². The van der Waals surface area contributed by atoms with Crippen molar-refractivity contribution < 1.29 is 8.42 Å². The number of nitrogens with zero attached hydrogens (tertiary/aromatic N) is 1. The van der Waals surface area contributed by atoms with Gasteiger partial charge in [-0.2, -0.15) is 17.4 Å². The number of fused-ring (bicyclic) bond motifs is 2. The molecule has 0 aromatic carbocycles. The molecule has 0 amide bonds. The molecule has 3 rings (SSSR count). The van der Waals surface area contributed by atoms with Gasteiger partial charge in [-0.1, -0.05) is 0 Å². The molecule has 106 valence electrons. The second kappa shape index (κ2) is 5.63. The molecular weight excluding hydrogens is 274 g/mol. The molecular formula is C11H22ClN3O2S. The molecule has 2 atom stereocenters. The zero-order valence-corrected chi connectivity index (χ0v) is 12.1. The van der Waals surface area contributed by atoms with E-state index in [0.29, 0.717) is 25.2 Å². The maximum absolute atomic E-state index is 12.1. The van der Waals surface area contributed by atoms with Crippen LogP contribution in [0.3, 0.4) is 0 Å². The molecule has 2 unspecified atom stereocenters. The standard InChI is InChI=1S/C11H21N3O2S.ClH/c15-17(16,14-5-1-2-6-14)13-11-7-9-3-4-10(8-11)12-9;/h9-13H,1-8H2;1H. The molecule has 0 aromatic rings. The van der Waals surface area contributed by atoms with E-state index < -0.39 is 10.2 Å². The molecule has 0 aliphatic carbocycles. The summed E-state index contributed by atoms with van der Waals surface area (Å²) in [7, 11) is -3.22. The first kappa shape index (κ1) is 14.5. The van der Waals surface area contributed by atoms with Crippen LogP contribution in [0, 0.1) is 0 Å². The number of halogens is 1. The third-order valence-corrected chi connectivity index (χ3v) is 5.87. The van der Waals surface area contributed by atoms with E-state index >= 15 is 0 Å². The van der Waals surface area contributed by atoms with E-state index in [1.807, 2.05) is 0 Å². The maximum Gasteiger partial charge on any atom is 0.279 e. The third-order valence-electron chi connectivity index (χ3n) is 4.19. The number of nitrogens with one attached hydrogen (secondary N) is 2. The van der Waals surface area contributed by atoms with Crippen LogP contribution in [0.4, 0.5) is 0 Å². The minimum absolute atomic E-state index is 0. The molecule has 3 aliphatic heterocycles. The van der Waals surface area contributed by atoms with Crippen molar-refractivity contribution in [2.75, 3.05) is 13.1 Å². The van der Waals surface area contributed by atoms with E-state index in [2.05, 4.69) is 10.0 Å². The topological polar surface area (TPSA) is 61.4 Å². The van der Waals surface area contributed by atoms with E-state index in [0.717, 1.165) is 25.7 Å². The van der Waals surface area contributed by atoms with Crippen molar-refractivity contribution >= 4 is 22.6 Å². The summed E-state index contributed by atoms with van der Waals surface area (Å²) in [5.74, 6) is 0. The average molecular weight is 296 g/mol. The highest BCUT2D eigenvalue weighted by Gasteiger charge is 2.36. The molecule has 18 heavy (non-hydrogen) atoms. The number of piperidine rings is 1. The van der Waals surface area contributed by atoms with Crippen LogP contribution in [-0.2, 0) is 10.2 Å². The quantitative estimate of drug-likeness (QED) is 0.802. The smallest absolute Gasteiger partial charge is 0.279 e. The van der Waals surface area contributed by atoms with Gasteiger partial charge < -0.3 is 5.32 Å². The van der Waals surface area contributed by atoms with Gasteiger partial charge in [-0.05, 0) is 38.5 Å². The second-order valence-corrected chi connectivity index (χ2v) is 7.24. The van der Waals surface area contributed by atoms with Crippen LogP contribution >= 0.6 is 12.4 Å². The zero-order valence-electron chi connectivity index (χ0n) is 10.5. The molecule has 5 nitrogen and oxygen atoms in total. The van der Waals surface area contributed by atoms with Crippen molar-refractivity contribution in [3.05, 3.63) is 0 Å². The van der Waals surface area contributed by atoms with E-state index in [1.54, 1.807) is 4.31 Å². The lowest BCUT2D eigenvalue weighted by Gasteiger charge is -2.30. The highest BCUT2D eigenvalue weighted by atomic mass is 35.5. The molecule has 3 saturated heterocycles. The predicted molar refractivity (Wildman–Crippen MR) is 73.1 cm³/mol. The van der Waals surface area contributed by atoms with Gasteiger partial charge in [0.1, 0.15) is 0 Å². The number of hydrogen-bond acceptors (Lipinski definition) is 3. The first-order valence-corrected chi connectivity index (χ1v) is 8.11.